The fraction of sp³-hybridized carbons (Fsp3) is 0.588. The molecule has 108 valence electrons. The standard InChI is InChI=1S/C17H25N3/c18-11-16-15(13-5-7-20-8-6-13)9-14(10-17(16)19)12-3-1-2-4-12/h9-13,18,20H,1-8,19H2. The van der Waals surface area contributed by atoms with Gasteiger partial charge in [-0.1, -0.05) is 18.9 Å². The summed E-state index contributed by atoms with van der Waals surface area (Å²) in [6.07, 6.45) is 9.07. The van der Waals surface area contributed by atoms with E-state index in [1.54, 1.807) is 0 Å². The fourth-order valence-electron chi connectivity index (χ4n) is 3.86. The molecule has 20 heavy (non-hydrogen) atoms. The molecule has 1 saturated carbocycles. The average molecular weight is 271 g/mol. The van der Waals surface area contributed by atoms with Crippen LogP contribution in [0.25, 0.3) is 0 Å². The molecular formula is C17H25N3. The second-order valence-corrected chi connectivity index (χ2v) is 6.26. The highest BCUT2D eigenvalue weighted by molar-refractivity contribution is 5.87. The van der Waals surface area contributed by atoms with Crippen LogP contribution in [0.1, 0.15) is 67.1 Å². The Labute approximate surface area is 121 Å². The highest BCUT2D eigenvalue weighted by atomic mass is 14.9. The molecule has 1 aromatic rings. The summed E-state index contributed by atoms with van der Waals surface area (Å²) in [6.45, 7) is 2.16. The van der Waals surface area contributed by atoms with E-state index in [1.165, 1.54) is 43.0 Å². The Bertz CT molecular complexity index is 483. The largest absolute Gasteiger partial charge is 0.398 e. The van der Waals surface area contributed by atoms with E-state index in [0.717, 1.165) is 37.2 Å². The zero-order valence-corrected chi connectivity index (χ0v) is 12.1. The van der Waals surface area contributed by atoms with E-state index in [4.69, 9.17) is 11.1 Å². The second kappa shape index (κ2) is 5.96. The summed E-state index contributed by atoms with van der Waals surface area (Å²) < 4.78 is 0. The lowest BCUT2D eigenvalue weighted by molar-refractivity contribution is 0.460. The van der Waals surface area contributed by atoms with Crippen molar-refractivity contribution in [2.75, 3.05) is 18.8 Å². The topological polar surface area (TPSA) is 61.9 Å². The Morgan fingerprint density at radius 2 is 1.75 bits per heavy atom. The minimum Gasteiger partial charge on any atom is -0.398 e. The van der Waals surface area contributed by atoms with Crippen molar-refractivity contribution in [2.45, 2.75) is 50.4 Å². The molecule has 0 aromatic heterocycles. The van der Waals surface area contributed by atoms with Crippen molar-refractivity contribution in [1.82, 2.24) is 5.32 Å². The van der Waals surface area contributed by atoms with Gasteiger partial charge in [0.15, 0.2) is 0 Å². The quantitative estimate of drug-likeness (QED) is 0.583. The second-order valence-electron chi connectivity index (χ2n) is 6.26. The number of nitrogens with one attached hydrogen (secondary N) is 2. The van der Waals surface area contributed by atoms with Crippen LogP contribution in [0.4, 0.5) is 5.69 Å². The molecule has 1 aliphatic heterocycles. The first-order chi connectivity index (χ1) is 9.79. The highest BCUT2D eigenvalue weighted by Crippen LogP contribution is 2.38. The zero-order chi connectivity index (χ0) is 13.9. The average Bonchev–Trinajstić information content (AvgIpc) is 3.01. The van der Waals surface area contributed by atoms with Gasteiger partial charge in [-0.3, -0.25) is 0 Å². The van der Waals surface area contributed by atoms with Gasteiger partial charge in [-0.2, -0.15) is 0 Å². The molecule has 0 bridgehead atoms. The minimum atomic E-state index is 0.566. The third kappa shape index (κ3) is 2.59. The molecule has 0 atom stereocenters. The first-order valence-electron chi connectivity index (χ1n) is 7.94. The molecule has 2 fully saturated rings. The summed E-state index contributed by atoms with van der Waals surface area (Å²) in [5.41, 5.74) is 10.7. The monoisotopic (exact) mass is 271 g/mol. The lowest BCUT2D eigenvalue weighted by Crippen LogP contribution is -2.27. The number of hydrogen-bond donors (Lipinski definition) is 3. The third-order valence-electron chi connectivity index (χ3n) is 5.02. The number of anilines is 1. The molecule has 3 nitrogen and oxygen atoms in total. The van der Waals surface area contributed by atoms with Gasteiger partial charge >= 0.3 is 0 Å². The van der Waals surface area contributed by atoms with E-state index < -0.39 is 0 Å². The summed E-state index contributed by atoms with van der Waals surface area (Å²) in [5.74, 6) is 1.26. The first-order valence-corrected chi connectivity index (χ1v) is 7.94. The number of hydrogen-bond acceptors (Lipinski definition) is 3. The maximum atomic E-state index is 7.70. The molecular weight excluding hydrogens is 246 g/mol. The molecule has 3 heteroatoms. The van der Waals surface area contributed by atoms with Crippen LogP contribution in [0.3, 0.4) is 0 Å². The summed E-state index contributed by atoms with van der Waals surface area (Å²) in [7, 11) is 0. The minimum absolute atomic E-state index is 0.566. The zero-order valence-electron chi connectivity index (χ0n) is 12.1. The summed E-state index contributed by atoms with van der Waals surface area (Å²) in [4.78, 5) is 0. The number of benzene rings is 1. The highest BCUT2D eigenvalue weighted by Gasteiger charge is 2.23. The Morgan fingerprint density at radius 3 is 2.40 bits per heavy atom. The maximum absolute atomic E-state index is 7.70. The number of rotatable bonds is 3. The van der Waals surface area contributed by atoms with Crippen molar-refractivity contribution in [1.29, 1.82) is 5.41 Å². The molecule has 1 saturated heterocycles. The number of nitrogens with two attached hydrogens (primary N) is 1. The van der Waals surface area contributed by atoms with E-state index in [-0.39, 0.29) is 0 Å². The fourth-order valence-corrected chi connectivity index (χ4v) is 3.86. The van der Waals surface area contributed by atoms with Crippen LogP contribution in [-0.2, 0) is 0 Å². The predicted octanol–water partition coefficient (Wildman–Crippen LogP) is 3.39. The Morgan fingerprint density at radius 1 is 1.05 bits per heavy atom. The number of piperidine rings is 1. The van der Waals surface area contributed by atoms with E-state index >= 15 is 0 Å². The molecule has 1 heterocycles. The maximum Gasteiger partial charge on any atom is 0.0408 e. The Balaban J connectivity index is 1.97. The van der Waals surface area contributed by atoms with Gasteiger partial charge in [0.1, 0.15) is 0 Å². The van der Waals surface area contributed by atoms with Crippen LogP contribution in [0.15, 0.2) is 12.1 Å². The van der Waals surface area contributed by atoms with Gasteiger partial charge in [0.2, 0.25) is 0 Å². The van der Waals surface area contributed by atoms with Gasteiger partial charge in [0.25, 0.3) is 0 Å². The molecule has 4 N–H and O–H groups in total. The van der Waals surface area contributed by atoms with Crippen LogP contribution in [0.5, 0.6) is 0 Å². The SMILES string of the molecule is N=Cc1c(N)cc(C2CCCC2)cc1C1CCNCC1. The molecule has 1 aromatic carbocycles. The van der Waals surface area contributed by atoms with Crippen molar-refractivity contribution < 1.29 is 0 Å². The predicted molar refractivity (Wildman–Crippen MR) is 84.8 cm³/mol. The third-order valence-corrected chi connectivity index (χ3v) is 5.02. The molecule has 1 aliphatic carbocycles. The van der Waals surface area contributed by atoms with Crippen molar-refractivity contribution in [2.24, 2.45) is 0 Å². The van der Waals surface area contributed by atoms with E-state index in [1.807, 2.05) is 0 Å². The first kappa shape index (κ1) is 13.6. The molecule has 0 radical (unpaired) electrons. The molecule has 0 unspecified atom stereocenters. The molecule has 0 amide bonds. The van der Waals surface area contributed by atoms with Gasteiger partial charge in [-0.15, -0.1) is 0 Å². The molecule has 2 aliphatic rings. The Kier molecular flexibility index (Phi) is 4.06. The van der Waals surface area contributed by atoms with Gasteiger partial charge < -0.3 is 16.5 Å². The van der Waals surface area contributed by atoms with Crippen LogP contribution < -0.4 is 11.1 Å². The van der Waals surface area contributed by atoms with Gasteiger partial charge in [-0.05, 0) is 67.8 Å². The van der Waals surface area contributed by atoms with Gasteiger partial charge in [0, 0.05) is 17.5 Å². The van der Waals surface area contributed by atoms with Crippen LogP contribution in [0.2, 0.25) is 0 Å². The van der Waals surface area contributed by atoms with Crippen molar-refractivity contribution in [3.63, 3.8) is 0 Å². The van der Waals surface area contributed by atoms with Crippen molar-refractivity contribution in [3.05, 3.63) is 28.8 Å². The van der Waals surface area contributed by atoms with Gasteiger partial charge in [-0.25, -0.2) is 0 Å². The van der Waals surface area contributed by atoms with Crippen molar-refractivity contribution in [3.8, 4) is 0 Å². The van der Waals surface area contributed by atoms with E-state index in [2.05, 4.69) is 17.4 Å². The molecule has 0 spiro atoms. The lowest BCUT2D eigenvalue weighted by Gasteiger charge is -2.26. The lowest BCUT2D eigenvalue weighted by atomic mass is 9.83. The normalized spacial score (nSPS) is 21.2. The van der Waals surface area contributed by atoms with Gasteiger partial charge in [0.05, 0.1) is 0 Å². The van der Waals surface area contributed by atoms with Crippen molar-refractivity contribution >= 4 is 11.9 Å². The summed E-state index contributed by atoms with van der Waals surface area (Å²) in [6, 6.07) is 4.49. The van der Waals surface area contributed by atoms with E-state index in [9.17, 15) is 0 Å². The van der Waals surface area contributed by atoms with Crippen LogP contribution in [-0.4, -0.2) is 19.3 Å². The van der Waals surface area contributed by atoms with Crippen LogP contribution in [0, 0.1) is 5.41 Å². The molecule has 3 rings (SSSR count). The Hall–Kier alpha value is -1.35. The van der Waals surface area contributed by atoms with Crippen LogP contribution >= 0.6 is 0 Å². The smallest absolute Gasteiger partial charge is 0.0408 e. The summed E-state index contributed by atoms with van der Waals surface area (Å²) >= 11 is 0. The van der Waals surface area contributed by atoms with E-state index in [0.29, 0.717) is 11.8 Å². The number of nitrogen functional groups attached to an aromatic ring is 1. The summed E-state index contributed by atoms with van der Waals surface area (Å²) in [5, 5.41) is 11.1.